The standard InChI is InChI=1S/C11H6BrF4N3O/c12-4-1-5(13)9(16)8(2-4)20-11-7(15)3-6(14)10(18-11)19-17/h1-3H,17H2,(H,18,19). The number of nitrogens with zero attached hydrogens (tertiary/aromatic N) is 1. The Morgan fingerprint density at radius 1 is 1.05 bits per heavy atom. The first kappa shape index (κ1) is 14.5. The van der Waals surface area contributed by atoms with Crippen molar-refractivity contribution < 1.29 is 22.3 Å². The molecular weight excluding hydrogens is 346 g/mol. The number of hydrogen-bond acceptors (Lipinski definition) is 4. The number of halogens is 5. The maximum absolute atomic E-state index is 13.5. The maximum atomic E-state index is 13.5. The van der Waals surface area contributed by atoms with E-state index in [1.54, 1.807) is 0 Å². The van der Waals surface area contributed by atoms with Crippen LogP contribution in [-0.2, 0) is 0 Å². The van der Waals surface area contributed by atoms with Crippen LogP contribution in [0.2, 0.25) is 0 Å². The first-order chi connectivity index (χ1) is 9.42. The summed E-state index contributed by atoms with van der Waals surface area (Å²) < 4.78 is 58.2. The predicted molar refractivity (Wildman–Crippen MR) is 66.1 cm³/mol. The molecule has 0 saturated carbocycles. The van der Waals surface area contributed by atoms with Crippen LogP contribution in [0.15, 0.2) is 22.7 Å². The van der Waals surface area contributed by atoms with E-state index >= 15 is 0 Å². The molecule has 0 radical (unpaired) electrons. The minimum atomic E-state index is -1.33. The van der Waals surface area contributed by atoms with E-state index in [2.05, 4.69) is 20.9 Å². The fourth-order valence-corrected chi connectivity index (χ4v) is 1.74. The molecule has 9 heteroatoms. The normalized spacial score (nSPS) is 10.5. The van der Waals surface area contributed by atoms with Crippen molar-refractivity contribution in [2.45, 2.75) is 0 Å². The molecule has 2 aromatic rings. The maximum Gasteiger partial charge on any atom is 0.258 e. The highest BCUT2D eigenvalue weighted by molar-refractivity contribution is 9.10. The highest BCUT2D eigenvalue weighted by Gasteiger charge is 2.17. The predicted octanol–water partition coefficient (Wildman–Crippen LogP) is 3.48. The van der Waals surface area contributed by atoms with Crippen LogP contribution in [0.25, 0.3) is 0 Å². The van der Waals surface area contributed by atoms with Crippen molar-refractivity contribution >= 4 is 21.7 Å². The number of hydrogen-bond donors (Lipinski definition) is 2. The van der Waals surface area contributed by atoms with Gasteiger partial charge in [-0.25, -0.2) is 19.0 Å². The van der Waals surface area contributed by atoms with Crippen LogP contribution in [-0.4, -0.2) is 4.98 Å². The van der Waals surface area contributed by atoms with Crippen LogP contribution in [0, 0.1) is 23.3 Å². The molecule has 20 heavy (non-hydrogen) atoms. The molecule has 0 spiro atoms. The molecule has 2 rings (SSSR count). The number of nitrogen functional groups attached to an aromatic ring is 1. The number of aromatic nitrogens is 1. The Morgan fingerprint density at radius 2 is 1.75 bits per heavy atom. The van der Waals surface area contributed by atoms with Crippen molar-refractivity contribution in [2.75, 3.05) is 5.43 Å². The first-order valence-corrected chi connectivity index (χ1v) is 5.86. The summed E-state index contributed by atoms with van der Waals surface area (Å²) in [6.07, 6.45) is 0. The molecule has 3 N–H and O–H groups in total. The summed E-state index contributed by atoms with van der Waals surface area (Å²) in [4.78, 5) is 3.37. The summed E-state index contributed by atoms with van der Waals surface area (Å²) in [5.74, 6) is -1.68. The molecule has 0 fully saturated rings. The molecule has 0 aliphatic heterocycles. The third-order valence-electron chi connectivity index (χ3n) is 2.20. The monoisotopic (exact) mass is 351 g/mol. The highest BCUT2D eigenvalue weighted by atomic mass is 79.9. The van der Waals surface area contributed by atoms with Gasteiger partial charge in [-0.1, -0.05) is 15.9 Å². The van der Waals surface area contributed by atoms with E-state index in [9.17, 15) is 17.6 Å². The van der Waals surface area contributed by atoms with E-state index in [0.717, 1.165) is 12.1 Å². The molecule has 4 nitrogen and oxygen atoms in total. The number of hydrazine groups is 1. The van der Waals surface area contributed by atoms with E-state index in [1.807, 2.05) is 5.43 Å². The van der Waals surface area contributed by atoms with Gasteiger partial charge in [0.15, 0.2) is 29.0 Å². The summed E-state index contributed by atoms with van der Waals surface area (Å²) >= 11 is 2.93. The molecule has 0 atom stereocenters. The second kappa shape index (κ2) is 5.63. The SMILES string of the molecule is NNc1nc(Oc2cc(Br)cc(F)c2F)c(F)cc1F. The number of nitrogens with two attached hydrogens (primary N) is 1. The van der Waals surface area contributed by atoms with Gasteiger partial charge in [0.25, 0.3) is 5.88 Å². The molecule has 1 aromatic heterocycles. The van der Waals surface area contributed by atoms with Gasteiger partial charge in [0.2, 0.25) is 5.82 Å². The summed E-state index contributed by atoms with van der Waals surface area (Å²) in [5.41, 5.74) is 1.88. The Bertz CT molecular complexity index is 669. The Morgan fingerprint density at radius 3 is 2.40 bits per heavy atom. The van der Waals surface area contributed by atoms with E-state index in [1.165, 1.54) is 0 Å². The lowest BCUT2D eigenvalue weighted by atomic mass is 10.3. The zero-order valence-corrected chi connectivity index (χ0v) is 11.1. The number of ether oxygens (including phenoxy) is 1. The zero-order chi connectivity index (χ0) is 14.9. The fraction of sp³-hybridized carbons (Fsp3) is 0. The Labute approximate surface area is 118 Å². The van der Waals surface area contributed by atoms with Crippen LogP contribution in [0.4, 0.5) is 23.4 Å². The van der Waals surface area contributed by atoms with Gasteiger partial charge in [-0.3, -0.25) is 0 Å². The van der Waals surface area contributed by atoms with Gasteiger partial charge < -0.3 is 10.2 Å². The van der Waals surface area contributed by atoms with Gasteiger partial charge in [-0.15, -0.1) is 0 Å². The van der Waals surface area contributed by atoms with E-state index in [-0.39, 0.29) is 4.47 Å². The summed E-state index contributed by atoms with van der Waals surface area (Å²) in [6.45, 7) is 0. The van der Waals surface area contributed by atoms with Gasteiger partial charge in [-0.2, -0.15) is 9.37 Å². The van der Waals surface area contributed by atoms with Crippen LogP contribution in [0.3, 0.4) is 0 Å². The second-order valence-corrected chi connectivity index (χ2v) is 4.47. The Kier molecular flexibility index (Phi) is 4.09. The lowest BCUT2D eigenvalue weighted by Gasteiger charge is -2.09. The smallest absolute Gasteiger partial charge is 0.258 e. The van der Waals surface area contributed by atoms with E-state index in [4.69, 9.17) is 10.6 Å². The van der Waals surface area contributed by atoms with Gasteiger partial charge >= 0.3 is 0 Å². The van der Waals surface area contributed by atoms with Gasteiger partial charge in [-0.05, 0) is 12.1 Å². The number of nitrogens with one attached hydrogen (secondary N) is 1. The number of anilines is 1. The summed E-state index contributed by atoms with van der Waals surface area (Å²) in [7, 11) is 0. The van der Waals surface area contributed by atoms with Crippen molar-refractivity contribution in [1.29, 1.82) is 0 Å². The van der Waals surface area contributed by atoms with Crippen molar-refractivity contribution in [1.82, 2.24) is 4.98 Å². The zero-order valence-electron chi connectivity index (χ0n) is 9.55. The third kappa shape index (κ3) is 2.83. The van der Waals surface area contributed by atoms with Crippen molar-refractivity contribution in [3.8, 4) is 11.6 Å². The van der Waals surface area contributed by atoms with E-state index in [0.29, 0.717) is 6.07 Å². The molecule has 106 valence electrons. The molecule has 0 saturated heterocycles. The van der Waals surface area contributed by atoms with Crippen LogP contribution in [0.1, 0.15) is 0 Å². The van der Waals surface area contributed by atoms with Gasteiger partial charge in [0.1, 0.15) is 0 Å². The topological polar surface area (TPSA) is 60.2 Å². The molecule has 0 amide bonds. The average Bonchev–Trinajstić information content (AvgIpc) is 2.38. The molecule has 0 bridgehead atoms. The molecule has 0 aliphatic carbocycles. The number of pyridine rings is 1. The Balaban J connectivity index is 2.45. The number of rotatable bonds is 3. The van der Waals surface area contributed by atoms with Crippen molar-refractivity contribution in [2.24, 2.45) is 5.84 Å². The average molecular weight is 352 g/mol. The summed E-state index contributed by atoms with van der Waals surface area (Å²) in [6, 6.07) is 2.38. The lowest BCUT2D eigenvalue weighted by Crippen LogP contribution is -2.11. The first-order valence-electron chi connectivity index (χ1n) is 5.07. The van der Waals surface area contributed by atoms with Crippen molar-refractivity contribution in [3.05, 3.63) is 45.9 Å². The third-order valence-corrected chi connectivity index (χ3v) is 2.66. The van der Waals surface area contributed by atoms with Crippen LogP contribution < -0.4 is 16.0 Å². The molecule has 0 unspecified atom stereocenters. The summed E-state index contributed by atoms with van der Waals surface area (Å²) in [5, 5.41) is 0. The minimum Gasteiger partial charge on any atom is -0.433 e. The fourth-order valence-electron chi connectivity index (χ4n) is 1.33. The largest absolute Gasteiger partial charge is 0.433 e. The Hall–Kier alpha value is -1.87. The quantitative estimate of drug-likeness (QED) is 0.384. The molecular formula is C11H6BrF4N3O. The lowest BCUT2D eigenvalue weighted by molar-refractivity contribution is 0.381. The van der Waals surface area contributed by atoms with E-state index < -0.39 is 40.7 Å². The highest BCUT2D eigenvalue weighted by Crippen LogP contribution is 2.31. The van der Waals surface area contributed by atoms with Gasteiger partial charge in [0, 0.05) is 10.5 Å². The minimum absolute atomic E-state index is 0.172. The van der Waals surface area contributed by atoms with Crippen LogP contribution in [0.5, 0.6) is 11.6 Å². The van der Waals surface area contributed by atoms with Crippen LogP contribution >= 0.6 is 15.9 Å². The number of benzene rings is 1. The van der Waals surface area contributed by atoms with Crippen molar-refractivity contribution in [3.63, 3.8) is 0 Å². The van der Waals surface area contributed by atoms with Gasteiger partial charge in [0.05, 0.1) is 0 Å². The molecule has 1 heterocycles. The molecule has 1 aromatic carbocycles. The molecule has 0 aliphatic rings. The second-order valence-electron chi connectivity index (χ2n) is 3.55.